The zero-order chi connectivity index (χ0) is 27.5. The highest BCUT2D eigenvalue weighted by Crippen LogP contribution is 2.26. The molecule has 3 rings (SSSR count). The van der Waals surface area contributed by atoms with Crippen molar-refractivity contribution < 1.29 is 12.8 Å². The van der Waals surface area contributed by atoms with Gasteiger partial charge >= 0.3 is 5.76 Å². The number of unbranched alkanes of at least 4 members (excludes halogenated alkanes) is 12. The number of rotatable bonds is 18. The smallest absolute Gasteiger partial charge is 0.393 e. The van der Waals surface area contributed by atoms with Gasteiger partial charge in [0.2, 0.25) is 11.2 Å². The molecule has 38 heavy (non-hydrogen) atoms. The molecule has 3 aromatic heterocycles. The molecule has 0 aliphatic carbocycles. The van der Waals surface area contributed by atoms with Crippen molar-refractivity contribution in [2.45, 2.75) is 127 Å². The van der Waals surface area contributed by atoms with Crippen LogP contribution in [-0.2, 0) is 22.8 Å². The van der Waals surface area contributed by atoms with Gasteiger partial charge < -0.3 is 8.98 Å². The Morgan fingerprint density at radius 1 is 0.868 bits per heavy atom. The van der Waals surface area contributed by atoms with Crippen LogP contribution in [0.4, 0.5) is 0 Å². The van der Waals surface area contributed by atoms with E-state index < -0.39 is 20.8 Å². The lowest BCUT2D eigenvalue weighted by molar-refractivity contribution is 0.449. The number of nitrogens with zero attached hydrogens (tertiary/aromatic N) is 5. The van der Waals surface area contributed by atoms with Gasteiger partial charge in [0.15, 0.2) is 20.5 Å². The monoisotopic (exact) mass is 568 g/mol. The van der Waals surface area contributed by atoms with Gasteiger partial charge in [0.05, 0.1) is 5.25 Å². The average Bonchev–Trinajstić information content (AvgIpc) is 3.42. The van der Waals surface area contributed by atoms with Crippen LogP contribution in [0.1, 0.15) is 109 Å². The normalized spacial score (nSPS) is 12.2. The molecule has 10 nitrogen and oxygen atoms in total. The van der Waals surface area contributed by atoms with Crippen molar-refractivity contribution >= 4 is 32.6 Å². The summed E-state index contributed by atoms with van der Waals surface area (Å²) in [5, 5.41) is 5.39. The molecule has 3 aromatic rings. The first-order chi connectivity index (χ1) is 18.2. The molecule has 0 aliphatic rings. The summed E-state index contributed by atoms with van der Waals surface area (Å²) in [5.74, 6) is 0.754. The van der Waals surface area contributed by atoms with Gasteiger partial charge in [-0.2, -0.15) is 4.98 Å². The summed E-state index contributed by atoms with van der Waals surface area (Å²) in [6.07, 6.45) is 16.1. The van der Waals surface area contributed by atoms with Crippen LogP contribution < -0.4 is 5.76 Å². The third-order valence-electron chi connectivity index (χ3n) is 6.88. The van der Waals surface area contributed by atoms with Gasteiger partial charge in [0.25, 0.3) is 0 Å². The number of hydrogen-bond donors (Lipinski definition) is 1. The Bertz CT molecular complexity index is 1310. The van der Waals surface area contributed by atoms with Crippen LogP contribution in [0.2, 0.25) is 5.28 Å². The van der Waals surface area contributed by atoms with Crippen molar-refractivity contribution in [3.05, 3.63) is 27.5 Å². The van der Waals surface area contributed by atoms with Crippen molar-refractivity contribution in [1.29, 1.82) is 0 Å². The Morgan fingerprint density at radius 3 is 1.95 bits per heavy atom. The first kappa shape index (κ1) is 30.3. The number of imidazole rings is 1. The number of sulfone groups is 1. The Labute approximate surface area is 229 Å². The Hall–Kier alpha value is -2.27. The highest BCUT2D eigenvalue weighted by atomic mass is 35.5. The summed E-state index contributed by atoms with van der Waals surface area (Å²) < 4.78 is 32.6. The van der Waals surface area contributed by atoms with Gasteiger partial charge in [0.1, 0.15) is 11.3 Å². The van der Waals surface area contributed by atoms with Crippen LogP contribution >= 0.6 is 11.6 Å². The largest absolute Gasteiger partial charge is 0.434 e. The zero-order valence-corrected chi connectivity index (χ0v) is 24.4. The average molecular weight is 569 g/mol. The number of aryl methyl sites for hydroxylation is 3. The van der Waals surface area contributed by atoms with Gasteiger partial charge in [-0.1, -0.05) is 70.6 Å². The second-order valence-corrected chi connectivity index (χ2v) is 13.0. The molecule has 0 atom stereocenters. The first-order valence-electron chi connectivity index (χ1n) is 13.9. The van der Waals surface area contributed by atoms with Gasteiger partial charge in [-0.25, -0.2) is 28.3 Å². The van der Waals surface area contributed by atoms with E-state index >= 15 is 0 Å². The lowest BCUT2D eigenvalue weighted by Gasteiger charge is -2.12. The van der Waals surface area contributed by atoms with Crippen molar-refractivity contribution in [3.8, 4) is 0 Å². The molecule has 0 amide bonds. The van der Waals surface area contributed by atoms with Crippen molar-refractivity contribution in [2.24, 2.45) is 0 Å². The zero-order valence-electron chi connectivity index (χ0n) is 22.8. The molecule has 0 aliphatic heterocycles. The summed E-state index contributed by atoms with van der Waals surface area (Å²) in [5.41, 5.74) is 0.803. The molecule has 0 saturated heterocycles. The van der Waals surface area contributed by atoms with Gasteiger partial charge in [-0.15, -0.1) is 5.10 Å². The van der Waals surface area contributed by atoms with Gasteiger partial charge in [-0.3, -0.25) is 0 Å². The maximum Gasteiger partial charge on any atom is 0.434 e. The Morgan fingerprint density at radius 2 is 1.42 bits per heavy atom. The van der Waals surface area contributed by atoms with Crippen LogP contribution in [0.15, 0.2) is 14.2 Å². The van der Waals surface area contributed by atoms with E-state index in [4.69, 9.17) is 16.0 Å². The van der Waals surface area contributed by atoms with Crippen molar-refractivity contribution in [1.82, 2.24) is 29.7 Å². The molecule has 12 heteroatoms. The number of fused-ring (bicyclic) bond motifs is 1. The van der Waals surface area contributed by atoms with E-state index in [1.807, 2.05) is 11.5 Å². The minimum Gasteiger partial charge on any atom is -0.393 e. The fraction of sp³-hybridized carbons (Fsp3) is 0.731. The second kappa shape index (κ2) is 14.8. The second-order valence-electron chi connectivity index (χ2n) is 10.2. The lowest BCUT2D eigenvalue weighted by atomic mass is 10.0. The van der Waals surface area contributed by atoms with Gasteiger partial charge in [0, 0.05) is 13.0 Å². The van der Waals surface area contributed by atoms with Gasteiger partial charge in [-0.05, 0) is 45.2 Å². The molecule has 1 N–H and O–H groups in total. The maximum atomic E-state index is 12.9. The molecular weight excluding hydrogens is 528 g/mol. The van der Waals surface area contributed by atoms with E-state index in [0.717, 1.165) is 37.9 Å². The third kappa shape index (κ3) is 8.62. The number of nitrogens with one attached hydrogen (secondary N) is 1. The van der Waals surface area contributed by atoms with Crippen molar-refractivity contribution in [3.63, 3.8) is 0 Å². The van der Waals surface area contributed by atoms with Crippen LogP contribution in [0.25, 0.3) is 11.2 Å². The van der Waals surface area contributed by atoms with E-state index in [1.165, 1.54) is 57.8 Å². The molecule has 0 saturated carbocycles. The summed E-state index contributed by atoms with van der Waals surface area (Å²) in [6, 6.07) is 0. The molecule has 3 heterocycles. The van der Waals surface area contributed by atoms with E-state index in [-0.39, 0.29) is 10.3 Å². The molecule has 0 spiro atoms. The summed E-state index contributed by atoms with van der Waals surface area (Å²) >= 11 is 6.01. The number of halogens is 1. The lowest BCUT2D eigenvalue weighted by Crippen LogP contribution is -2.18. The molecule has 0 aromatic carbocycles. The summed E-state index contributed by atoms with van der Waals surface area (Å²) in [4.78, 5) is 23.6. The molecule has 0 fully saturated rings. The van der Waals surface area contributed by atoms with Crippen LogP contribution in [-0.4, -0.2) is 43.4 Å². The Kier molecular flexibility index (Phi) is 11.8. The topological polar surface area (TPSA) is 137 Å². The summed E-state index contributed by atoms with van der Waals surface area (Å²) in [7, 11) is -3.62. The number of H-pyrrole nitrogens is 1. The first-order valence-corrected chi connectivity index (χ1v) is 15.8. The molecule has 0 unspecified atom stereocenters. The number of hydrogen-bond acceptors (Lipinski definition) is 8. The SMILES string of the molecule is Cc1nc2nc(Cl)nc(S(=O)(=O)C(C)C)c2n1CCCCCCCCCCCCCCCc1n[nH]c(=O)o1. The number of aromatic amines is 1. The van der Waals surface area contributed by atoms with E-state index in [9.17, 15) is 13.2 Å². The van der Waals surface area contributed by atoms with Crippen LogP contribution in [0.3, 0.4) is 0 Å². The van der Waals surface area contributed by atoms with Crippen LogP contribution in [0, 0.1) is 6.92 Å². The van der Waals surface area contributed by atoms with E-state index in [2.05, 4.69) is 25.1 Å². The predicted octanol–water partition coefficient (Wildman–Crippen LogP) is 5.96. The third-order valence-corrected chi connectivity index (χ3v) is 9.11. The highest BCUT2D eigenvalue weighted by Gasteiger charge is 2.28. The fourth-order valence-corrected chi connectivity index (χ4v) is 5.99. The molecule has 0 radical (unpaired) electrons. The van der Waals surface area contributed by atoms with E-state index in [1.54, 1.807) is 13.8 Å². The number of aromatic nitrogens is 6. The maximum absolute atomic E-state index is 12.9. The molecule has 0 bridgehead atoms. The van der Waals surface area contributed by atoms with E-state index in [0.29, 0.717) is 23.6 Å². The quantitative estimate of drug-likeness (QED) is 0.113. The highest BCUT2D eigenvalue weighted by molar-refractivity contribution is 7.92. The minimum absolute atomic E-state index is 0.0213. The minimum atomic E-state index is -3.62. The molecular formula is C26H41ClN6O4S. The fourth-order valence-electron chi connectivity index (χ4n) is 4.64. The standard InChI is InChI=1S/C26H41ClN6O4S/c1-19(2)38(35,36)24-22-23(29-25(27)30-24)28-20(3)33(22)18-16-14-12-10-8-6-4-5-7-9-11-13-15-17-21-31-32-26(34)37-21/h19H,4-18H2,1-3H3,(H,32,34). The summed E-state index contributed by atoms with van der Waals surface area (Å²) in [6.45, 7) is 5.83. The van der Waals surface area contributed by atoms with Crippen LogP contribution in [0.5, 0.6) is 0 Å². The predicted molar refractivity (Wildman–Crippen MR) is 148 cm³/mol. The molecule has 212 valence electrons. The van der Waals surface area contributed by atoms with Crippen molar-refractivity contribution in [2.75, 3.05) is 0 Å². The Balaban J connectivity index is 1.27.